The maximum atomic E-state index is 2.40. The summed E-state index contributed by atoms with van der Waals surface area (Å²) in [6, 6.07) is 60.0. The quantitative estimate of drug-likeness (QED) is 0.186. The fourth-order valence-corrected chi connectivity index (χ4v) is 7.41. The highest BCUT2D eigenvalue weighted by atomic mass is 15.0. The van der Waals surface area contributed by atoms with Gasteiger partial charge in [-0.1, -0.05) is 124 Å². The topological polar surface area (TPSA) is 9.86 Å². The Morgan fingerprint density at radius 3 is 1.23 bits per heavy atom. The molecule has 0 saturated heterocycles. The Morgan fingerprint density at radius 1 is 0.333 bits per heavy atom. The van der Waals surface area contributed by atoms with E-state index in [2.05, 4.69) is 194 Å². The van der Waals surface area contributed by atoms with E-state index >= 15 is 0 Å². The van der Waals surface area contributed by atoms with Crippen LogP contribution >= 0.6 is 0 Å². The zero-order chi connectivity index (χ0) is 32.4. The van der Waals surface area contributed by atoms with Gasteiger partial charge in [0.15, 0.2) is 0 Å². The summed E-state index contributed by atoms with van der Waals surface area (Å²) in [5.41, 5.74) is 13.6. The van der Waals surface area contributed by atoms with Crippen molar-refractivity contribution in [2.75, 3.05) is 0 Å². The van der Waals surface area contributed by atoms with Gasteiger partial charge in [0.2, 0.25) is 0 Å². The monoisotopic (exact) mass is 616 g/mol. The number of hydrogen-bond acceptors (Lipinski definition) is 0. The molecule has 7 aromatic carbocycles. The highest BCUT2D eigenvalue weighted by Crippen LogP contribution is 2.38. The largest absolute Gasteiger partial charge is 0.309 e. The average Bonchev–Trinajstić information content (AvgIpc) is 3.64. The number of aromatic nitrogens is 2. The number of fused-ring (bicyclic) bond motifs is 6. The molecular formula is C46H36N2. The molecule has 0 spiro atoms. The molecule has 9 rings (SSSR count). The summed E-state index contributed by atoms with van der Waals surface area (Å²) in [6.45, 7) is 6.80. The summed E-state index contributed by atoms with van der Waals surface area (Å²) in [5, 5.41) is 5.06. The molecule has 230 valence electrons. The van der Waals surface area contributed by atoms with Crippen LogP contribution in [0.15, 0.2) is 164 Å². The van der Waals surface area contributed by atoms with E-state index in [-0.39, 0.29) is 5.41 Å². The van der Waals surface area contributed by atoms with Crippen molar-refractivity contribution >= 4 is 43.6 Å². The molecule has 0 aliphatic rings. The average molecular weight is 617 g/mol. The molecule has 0 bridgehead atoms. The fraction of sp³-hybridized carbons (Fsp3) is 0.0870. The number of benzene rings is 7. The van der Waals surface area contributed by atoms with Gasteiger partial charge in [-0.3, -0.25) is 0 Å². The lowest BCUT2D eigenvalue weighted by atomic mass is 9.87. The molecule has 2 aromatic heterocycles. The van der Waals surface area contributed by atoms with E-state index in [1.165, 1.54) is 82.8 Å². The van der Waals surface area contributed by atoms with Gasteiger partial charge in [0, 0.05) is 32.9 Å². The van der Waals surface area contributed by atoms with Crippen LogP contribution in [0, 0.1) is 0 Å². The molecule has 0 radical (unpaired) electrons. The SMILES string of the molecule is CC(C)(C)c1ccc(-n2c3ccccc3c3cc(-c4ccc5c(c4)c4ccccc4n5-c4ccc(-c5ccccc5)cc4)ccc32)cc1. The summed E-state index contributed by atoms with van der Waals surface area (Å²) in [6.07, 6.45) is 0. The number of nitrogens with zero attached hydrogens (tertiary/aromatic N) is 2. The van der Waals surface area contributed by atoms with Crippen molar-refractivity contribution in [1.29, 1.82) is 0 Å². The standard InChI is InChI=1S/C46H36N2/c1-46(2,3)35-21-25-37(26-22-35)48-43-16-10-8-14-39(43)41-30-34(20-28-45(41)48)33-19-27-44-40(29-33)38-13-7-9-15-42(38)47(44)36-23-17-32(18-24-36)31-11-5-4-6-12-31/h4-30H,1-3H3. The molecule has 0 N–H and O–H groups in total. The lowest BCUT2D eigenvalue weighted by Gasteiger charge is -2.19. The van der Waals surface area contributed by atoms with E-state index in [0.29, 0.717) is 0 Å². The zero-order valence-corrected chi connectivity index (χ0v) is 27.5. The minimum absolute atomic E-state index is 0.120. The Hall–Kier alpha value is -5.86. The lowest BCUT2D eigenvalue weighted by Crippen LogP contribution is -2.10. The molecular weight excluding hydrogens is 581 g/mol. The van der Waals surface area contributed by atoms with Crippen molar-refractivity contribution in [1.82, 2.24) is 9.13 Å². The lowest BCUT2D eigenvalue weighted by molar-refractivity contribution is 0.590. The third-order valence-corrected chi connectivity index (χ3v) is 9.90. The summed E-state index contributed by atoms with van der Waals surface area (Å²) >= 11 is 0. The van der Waals surface area contributed by atoms with Crippen LogP contribution < -0.4 is 0 Å². The number of hydrogen-bond donors (Lipinski definition) is 0. The Labute approximate surface area is 281 Å². The Morgan fingerprint density at radius 2 is 0.729 bits per heavy atom. The van der Waals surface area contributed by atoms with Crippen molar-refractivity contribution in [2.24, 2.45) is 0 Å². The van der Waals surface area contributed by atoms with Gasteiger partial charge in [0.1, 0.15) is 0 Å². The van der Waals surface area contributed by atoms with Crippen LogP contribution in [-0.2, 0) is 5.41 Å². The second kappa shape index (κ2) is 10.9. The predicted octanol–water partition coefficient (Wildman–Crippen LogP) is 12.5. The second-order valence-corrected chi connectivity index (χ2v) is 13.9. The van der Waals surface area contributed by atoms with Crippen molar-refractivity contribution in [3.63, 3.8) is 0 Å². The summed E-state index contributed by atoms with van der Waals surface area (Å²) < 4.78 is 4.80. The molecule has 0 aliphatic heterocycles. The van der Waals surface area contributed by atoms with E-state index in [4.69, 9.17) is 0 Å². The Bertz CT molecular complexity index is 2610. The summed E-state index contributed by atoms with van der Waals surface area (Å²) in [7, 11) is 0. The van der Waals surface area contributed by atoms with Gasteiger partial charge in [-0.2, -0.15) is 0 Å². The molecule has 2 nitrogen and oxygen atoms in total. The molecule has 48 heavy (non-hydrogen) atoms. The van der Waals surface area contributed by atoms with Crippen molar-refractivity contribution < 1.29 is 0 Å². The van der Waals surface area contributed by atoms with Crippen LogP contribution in [0.5, 0.6) is 0 Å². The third-order valence-electron chi connectivity index (χ3n) is 9.90. The molecule has 2 heterocycles. The molecule has 2 heteroatoms. The molecule has 0 fully saturated rings. The second-order valence-electron chi connectivity index (χ2n) is 13.9. The van der Waals surface area contributed by atoms with E-state index in [0.717, 1.165) is 0 Å². The van der Waals surface area contributed by atoms with Gasteiger partial charge in [-0.25, -0.2) is 0 Å². The molecule has 9 aromatic rings. The van der Waals surface area contributed by atoms with E-state index in [9.17, 15) is 0 Å². The van der Waals surface area contributed by atoms with Gasteiger partial charge in [-0.15, -0.1) is 0 Å². The fourth-order valence-electron chi connectivity index (χ4n) is 7.41. The molecule has 0 amide bonds. The molecule has 0 aliphatic carbocycles. The van der Waals surface area contributed by atoms with E-state index in [1.54, 1.807) is 0 Å². The zero-order valence-electron chi connectivity index (χ0n) is 27.5. The number of para-hydroxylation sites is 2. The first-order chi connectivity index (χ1) is 23.4. The molecule has 0 unspecified atom stereocenters. The third kappa shape index (κ3) is 4.56. The van der Waals surface area contributed by atoms with Crippen molar-refractivity contribution in [3.8, 4) is 33.6 Å². The Kier molecular flexibility index (Phi) is 6.42. The predicted molar refractivity (Wildman–Crippen MR) is 205 cm³/mol. The van der Waals surface area contributed by atoms with E-state index < -0.39 is 0 Å². The van der Waals surface area contributed by atoms with Gasteiger partial charge in [-0.05, 0) is 93.9 Å². The van der Waals surface area contributed by atoms with Crippen LogP contribution in [0.2, 0.25) is 0 Å². The maximum Gasteiger partial charge on any atom is 0.0541 e. The van der Waals surface area contributed by atoms with Gasteiger partial charge in [0.05, 0.1) is 22.1 Å². The maximum absolute atomic E-state index is 2.40. The summed E-state index contributed by atoms with van der Waals surface area (Å²) in [5.74, 6) is 0. The van der Waals surface area contributed by atoms with Crippen molar-refractivity contribution in [2.45, 2.75) is 26.2 Å². The highest BCUT2D eigenvalue weighted by molar-refractivity contribution is 6.12. The smallest absolute Gasteiger partial charge is 0.0541 e. The molecule has 0 saturated carbocycles. The first kappa shape index (κ1) is 28.4. The van der Waals surface area contributed by atoms with Crippen LogP contribution in [-0.4, -0.2) is 9.13 Å². The Balaban J connectivity index is 1.17. The highest BCUT2D eigenvalue weighted by Gasteiger charge is 2.17. The summed E-state index contributed by atoms with van der Waals surface area (Å²) in [4.78, 5) is 0. The van der Waals surface area contributed by atoms with Gasteiger partial charge in [0.25, 0.3) is 0 Å². The number of rotatable bonds is 4. The minimum Gasteiger partial charge on any atom is -0.309 e. The minimum atomic E-state index is 0.120. The first-order valence-electron chi connectivity index (χ1n) is 16.8. The van der Waals surface area contributed by atoms with Crippen LogP contribution in [0.4, 0.5) is 0 Å². The van der Waals surface area contributed by atoms with Gasteiger partial charge < -0.3 is 9.13 Å². The van der Waals surface area contributed by atoms with Crippen LogP contribution in [0.3, 0.4) is 0 Å². The van der Waals surface area contributed by atoms with Crippen LogP contribution in [0.25, 0.3) is 77.2 Å². The van der Waals surface area contributed by atoms with Gasteiger partial charge >= 0.3 is 0 Å². The molecule has 0 atom stereocenters. The van der Waals surface area contributed by atoms with E-state index in [1.807, 2.05) is 0 Å². The normalized spacial score (nSPS) is 12.1. The van der Waals surface area contributed by atoms with Crippen molar-refractivity contribution in [3.05, 3.63) is 169 Å². The van der Waals surface area contributed by atoms with Crippen LogP contribution in [0.1, 0.15) is 26.3 Å². The first-order valence-corrected chi connectivity index (χ1v) is 16.8.